The van der Waals surface area contributed by atoms with E-state index in [4.69, 9.17) is 30.3 Å². The summed E-state index contributed by atoms with van der Waals surface area (Å²) in [5, 5.41) is 59.2. The molecule has 0 amide bonds. The normalized spacial score (nSPS) is 22.1. The fourth-order valence-corrected chi connectivity index (χ4v) is 8.62. The molecule has 2 unspecified atom stereocenters. The first-order chi connectivity index (χ1) is 27.3. The summed E-state index contributed by atoms with van der Waals surface area (Å²) in [7, 11) is -16.8. The average molecular weight is 900 g/mol. The zero-order chi connectivity index (χ0) is 43.9. The number of phosphoric ester groups is 1. The van der Waals surface area contributed by atoms with E-state index in [0.29, 0.717) is 11.0 Å². The first-order valence-electron chi connectivity index (χ1n) is 16.4. The summed E-state index contributed by atoms with van der Waals surface area (Å²) in [6.07, 6.45) is -10.0. The highest BCUT2D eigenvalue weighted by atomic mass is 31.3. The van der Waals surface area contributed by atoms with Gasteiger partial charge in [-0.3, -0.25) is 28.6 Å². The number of ether oxygens (including phenoxy) is 1. The lowest BCUT2D eigenvalue weighted by molar-refractivity contribution is -0.0802. The number of fused-ring (bicyclic) bond motifs is 3. The average Bonchev–Trinajstić information content (AvgIpc) is 3.66. The third kappa shape index (κ3) is 10.6. The summed E-state index contributed by atoms with van der Waals surface area (Å²) in [6.45, 7) is 1.72. The lowest BCUT2D eigenvalue weighted by atomic mass is 10.1. The first-order valence-corrected chi connectivity index (χ1v) is 20.9. The highest BCUT2D eigenvalue weighted by molar-refractivity contribution is 7.66. The van der Waals surface area contributed by atoms with Crippen LogP contribution in [0.1, 0.15) is 17.4 Å². The van der Waals surface area contributed by atoms with Crippen molar-refractivity contribution in [1.82, 2.24) is 39.0 Å². The molecule has 0 bridgehead atoms. The molecular formula is C27H36N9O20P3. The quantitative estimate of drug-likeness (QED) is 0.0395. The Bertz CT molecular complexity index is 2650. The summed E-state index contributed by atoms with van der Waals surface area (Å²) in [4.78, 5) is 91.3. The van der Waals surface area contributed by atoms with E-state index < -0.39 is 96.3 Å². The van der Waals surface area contributed by atoms with Gasteiger partial charge in [-0.2, -0.15) is 18.6 Å². The number of aliphatic hydroxyl groups excluding tert-OH is 6. The minimum Gasteiger partial charge on any atom is -0.394 e. The Labute approximate surface area is 326 Å². The van der Waals surface area contributed by atoms with Crippen LogP contribution in [0.2, 0.25) is 0 Å². The smallest absolute Gasteiger partial charge is 0.394 e. The molecule has 0 spiro atoms. The fraction of sp³-hybridized carbons (Fsp3) is 0.444. The minimum atomic E-state index is -5.73. The van der Waals surface area contributed by atoms with Gasteiger partial charge >= 0.3 is 29.2 Å². The van der Waals surface area contributed by atoms with Crippen LogP contribution in [0.15, 0.2) is 32.8 Å². The number of phosphoric acid groups is 3. The number of hydrogen-bond donors (Lipinski definition) is 13. The second-order valence-electron chi connectivity index (χ2n) is 12.7. The summed E-state index contributed by atoms with van der Waals surface area (Å²) in [5.41, 5.74) is 5.61. The molecule has 3 aromatic rings. The molecule has 0 radical (unpaired) electrons. The van der Waals surface area contributed by atoms with Gasteiger partial charge in [-0.25, -0.2) is 28.5 Å². The van der Waals surface area contributed by atoms with Crippen LogP contribution in [0.4, 0.5) is 5.95 Å². The lowest BCUT2D eigenvalue weighted by Crippen LogP contribution is -2.42. The number of imidazole rings is 1. The van der Waals surface area contributed by atoms with Gasteiger partial charge in [0.2, 0.25) is 5.95 Å². The van der Waals surface area contributed by atoms with E-state index in [2.05, 4.69) is 43.0 Å². The second-order valence-corrected chi connectivity index (χ2v) is 17.1. The second kappa shape index (κ2) is 17.4. The van der Waals surface area contributed by atoms with Gasteiger partial charge in [-0.1, -0.05) is 0 Å². The maximum absolute atomic E-state index is 12.2. The van der Waals surface area contributed by atoms with Crippen molar-refractivity contribution in [2.75, 3.05) is 18.9 Å². The van der Waals surface area contributed by atoms with E-state index in [1.807, 2.05) is 13.8 Å². The maximum atomic E-state index is 12.2. The Morgan fingerprint density at radius 1 is 0.898 bits per heavy atom. The van der Waals surface area contributed by atoms with Crippen LogP contribution in [-0.2, 0) is 38.1 Å². The molecular weight excluding hydrogens is 863 g/mol. The number of aliphatic hydroxyl groups is 6. The third-order valence-corrected chi connectivity index (χ3v) is 12.3. The van der Waals surface area contributed by atoms with Crippen LogP contribution >= 0.6 is 23.5 Å². The van der Waals surface area contributed by atoms with E-state index in [1.165, 1.54) is 4.57 Å². The van der Waals surface area contributed by atoms with Crippen molar-refractivity contribution < 1.29 is 81.8 Å². The van der Waals surface area contributed by atoms with Crippen LogP contribution in [-0.4, -0.2) is 139 Å². The van der Waals surface area contributed by atoms with Crippen molar-refractivity contribution in [2.45, 2.75) is 63.2 Å². The van der Waals surface area contributed by atoms with Gasteiger partial charge in [0.15, 0.2) is 28.9 Å². The molecule has 6 rings (SSSR count). The molecule has 0 saturated carbocycles. The summed E-state index contributed by atoms with van der Waals surface area (Å²) in [6, 6.07) is 3.53. The van der Waals surface area contributed by atoms with Crippen molar-refractivity contribution in [3.8, 4) is 11.5 Å². The number of aromatic nitrogens is 8. The summed E-state index contributed by atoms with van der Waals surface area (Å²) in [5.74, 6) is -0.328. The number of H-pyrrole nitrogens is 2. The molecule has 59 heavy (non-hydrogen) atoms. The molecule has 1 fully saturated rings. The Hall–Kier alpha value is -4.22. The predicted octanol–water partition coefficient (Wildman–Crippen LogP) is -4.06. The highest BCUT2D eigenvalue weighted by Gasteiger charge is 2.47. The Kier molecular flexibility index (Phi) is 13.5. The van der Waals surface area contributed by atoms with Gasteiger partial charge in [-0.15, -0.1) is 0 Å². The van der Waals surface area contributed by atoms with E-state index in [0.717, 1.165) is 22.0 Å². The van der Waals surface area contributed by atoms with Gasteiger partial charge in [0.05, 0.1) is 37.1 Å². The highest BCUT2D eigenvalue weighted by Crippen LogP contribution is 2.66. The van der Waals surface area contributed by atoms with E-state index >= 15 is 0 Å². The zero-order valence-corrected chi connectivity index (χ0v) is 32.7. The molecule has 0 aliphatic carbocycles. The van der Waals surface area contributed by atoms with Gasteiger partial charge < -0.3 is 65.3 Å². The molecule has 9 atom stereocenters. The van der Waals surface area contributed by atoms with Crippen LogP contribution in [0.3, 0.4) is 0 Å². The van der Waals surface area contributed by atoms with Gasteiger partial charge in [0, 0.05) is 0 Å². The maximum Gasteiger partial charge on any atom is 0.490 e. The molecule has 3 aliphatic heterocycles. The van der Waals surface area contributed by atoms with E-state index in [-0.39, 0.29) is 35.2 Å². The number of hydrogen-bond acceptors (Lipinski definition) is 21. The molecule has 2 aromatic heterocycles. The van der Waals surface area contributed by atoms with Crippen LogP contribution < -0.4 is 22.5 Å². The fourth-order valence-electron chi connectivity index (χ4n) is 5.59. The molecule has 32 heteroatoms. The number of nitrogens with one attached hydrogen (secondary N) is 2. The number of anilines is 1. The number of nitrogens with zero attached hydrogens (tertiary/aromatic N) is 6. The minimum absolute atomic E-state index is 0.0516. The standard InChI is InChI=1S/C17H20N4O6.C10H16N5O14P3/c1-7-3-9-10(4-8(7)2)21(5-11(23)14(25)12(24)6-22)15-13(18-9)16(26)20-17(27)19-15;11-10-13-7-4(8(18)14-10)12-2-15(7)9-6(17)5(16)3(27-9)1-26-31(22,23)29-32(24,25)28-30(19,20)21/h3-4,11-12,14,22-25H,5-6H2,1-2H3,(H,20,26,27);2-3,5-6,9,16-17H,1H2,(H,22,23)(H,24,25)(H2,19,20,21)(H3,11,13,14,18)/t11-,12+,14-;3-,5-,6-,9-/m01/s1. The van der Waals surface area contributed by atoms with Gasteiger partial charge in [-0.05, 0) is 37.1 Å². The van der Waals surface area contributed by atoms with Crippen LogP contribution in [0.5, 0.6) is 0 Å². The topological polar surface area (TPSA) is 461 Å². The lowest BCUT2D eigenvalue weighted by Gasteiger charge is -2.25. The Balaban J connectivity index is 0.000000227. The largest absolute Gasteiger partial charge is 0.490 e. The van der Waals surface area contributed by atoms with Crippen LogP contribution in [0.25, 0.3) is 33.7 Å². The molecule has 1 aromatic carbocycles. The summed E-state index contributed by atoms with van der Waals surface area (Å²) < 4.78 is 53.0. The Morgan fingerprint density at radius 3 is 2.20 bits per heavy atom. The molecule has 3 aliphatic rings. The number of aromatic amines is 2. The number of aryl methyl sites for hydroxylation is 2. The van der Waals surface area contributed by atoms with Crippen molar-refractivity contribution in [3.63, 3.8) is 0 Å². The number of rotatable bonds is 13. The number of nitrogen functional groups attached to an aromatic ring is 1. The molecule has 14 N–H and O–H groups in total. The van der Waals surface area contributed by atoms with Crippen molar-refractivity contribution in [3.05, 3.63) is 60.8 Å². The zero-order valence-electron chi connectivity index (χ0n) is 30.1. The molecule has 324 valence electrons. The van der Waals surface area contributed by atoms with E-state index in [9.17, 15) is 58.5 Å². The molecule has 29 nitrogen and oxygen atoms in total. The van der Waals surface area contributed by atoms with Gasteiger partial charge in [0.25, 0.3) is 11.1 Å². The third-order valence-electron chi connectivity index (χ3n) is 8.45. The van der Waals surface area contributed by atoms with E-state index in [1.54, 1.807) is 12.1 Å². The molecule has 5 heterocycles. The molecule has 1 saturated heterocycles. The summed E-state index contributed by atoms with van der Waals surface area (Å²) >= 11 is 0. The predicted molar refractivity (Wildman–Crippen MR) is 194 cm³/mol. The number of benzene rings is 1. The number of nitrogens with two attached hydrogens (primary N) is 1. The Morgan fingerprint density at radius 2 is 1.56 bits per heavy atom. The van der Waals surface area contributed by atoms with Crippen molar-refractivity contribution >= 4 is 51.6 Å². The SMILES string of the molecule is Cc1cc2nc3c(=O)[nH]c(=O)nc-3n(C[C@H](O)[C@H](O)[C@H](O)CO)c2cc1C.Nc1nc2c(ncn2[C@@H]2O[C@H](COP(=O)(O)OP(=O)(O)OP(=O)(O)O)[C@@H](O)[C@H]2O)c(=O)[nH]1. The monoisotopic (exact) mass is 899 g/mol. The first kappa shape index (κ1) is 45.9. The van der Waals surface area contributed by atoms with Crippen molar-refractivity contribution in [1.29, 1.82) is 0 Å². The van der Waals surface area contributed by atoms with Crippen LogP contribution in [0, 0.1) is 13.8 Å². The van der Waals surface area contributed by atoms with Crippen molar-refractivity contribution in [2.24, 2.45) is 0 Å². The van der Waals surface area contributed by atoms with Gasteiger partial charge in [0.1, 0.15) is 36.6 Å².